The highest BCUT2D eigenvalue weighted by Gasteiger charge is 2.09. The molecular formula is C6H3ClN2O2S2. The van der Waals surface area contributed by atoms with Gasteiger partial charge in [0.15, 0.2) is 11.1 Å². The average Bonchev–Trinajstić information content (AvgIpc) is 2.49. The average molecular weight is 235 g/mol. The fourth-order valence-corrected chi connectivity index (χ4v) is 2.62. The van der Waals surface area contributed by atoms with Crippen molar-refractivity contribution >= 4 is 44.2 Å². The van der Waals surface area contributed by atoms with Crippen LogP contribution in [0, 0.1) is 0 Å². The van der Waals surface area contributed by atoms with Gasteiger partial charge in [-0.2, -0.15) is 0 Å². The molecule has 1 atom stereocenters. The predicted octanol–water partition coefficient (Wildman–Crippen LogP) is 1.93. The zero-order valence-corrected chi connectivity index (χ0v) is 8.49. The molecule has 68 valence electrons. The molecule has 0 aromatic carbocycles. The number of hydrogen-bond acceptors (Lipinski definition) is 4. The molecule has 0 saturated heterocycles. The lowest BCUT2D eigenvalue weighted by atomic mass is 10.5. The van der Waals surface area contributed by atoms with Crippen molar-refractivity contribution in [2.24, 2.45) is 0 Å². The summed E-state index contributed by atoms with van der Waals surface area (Å²) in [5, 5.41) is 0.312. The van der Waals surface area contributed by atoms with Crippen LogP contribution in [0.4, 0.5) is 0 Å². The molecule has 1 unspecified atom stereocenters. The molecule has 0 radical (unpaired) electrons. The molecule has 13 heavy (non-hydrogen) atoms. The van der Waals surface area contributed by atoms with E-state index in [2.05, 4.69) is 9.97 Å². The molecule has 0 spiro atoms. The zero-order chi connectivity index (χ0) is 9.42. The van der Waals surface area contributed by atoms with Gasteiger partial charge < -0.3 is 4.55 Å². The lowest BCUT2D eigenvalue weighted by Crippen LogP contribution is -1.80. The smallest absolute Gasteiger partial charge is 0.196 e. The molecule has 0 amide bonds. The maximum absolute atomic E-state index is 10.7. The van der Waals surface area contributed by atoms with Crippen molar-refractivity contribution in [2.75, 3.05) is 0 Å². The van der Waals surface area contributed by atoms with Crippen molar-refractivity contribution in [1.82, 2.24) is 9.97 Å². The predicted molar refractivity (Wildman–Crippen MR) is 51.5 cm³/mol. The zero-order valence-electron chi connectivity index (χ0n) is 6.10. The minimum Gasteiger partial charge on any atom is -0.302 e. The summed E-state index contributed by atoms with van der Waals surface area (Å²) in [5.41, 5.74) is 0.599. The Kier molecular flexibility index (Phi) is 2.29. The van der Waals surface area contributed by atoms with Crippen molar-refractivity contribution in [2.45, 2.75) is 4.21 Å². The van der Waals surface area contributed by atoms with E-state index < -0.39 is 11.1 Å². The molecular weight excluding hydrogens is 232 g/mol. The molecule has 2 rings (SSSR count). The SMILES string of the molecule is O=S(O)c1cc2ncnc(Cl)c2s1. The molecule has 2 heterocycles. The molecule has 0 aliphatic rings. The molecule has 4 nitrogen and oxygen atoms in total. The monoisotopic (exact) mass is 234 g/mol. The third-order valence-electron chi connectivity index (χ3n) is 1.42. The first-order valence-electron chi connectivity index (χ1n) is 3.19. The normalized spacial score (nSPS) is 13.4. The first kappa shape index (κ1) is 9.01. The minimum absolute atomic E-state index is 0.312. The summed E-state index contributed by atoms with van der Waals surface area (Å²) < 4.78 is 20.5. The Balaban J connectivity index is 2.75. The molecule has 0 aliphatic heterocycles. The summed E-state index contributed by atoms with van der Waals surface area (Å²) in [6.07, 6.45) is 1.32. The number of hydrogen-bond donors (Lipinski definition) is 1. The van der Waals surface area contributed by atoms with Crippen LogP contribution in [0.5, 0.6) is 0 Å². The van der Waals surface area contributed by atoms with Crippen LogP contribution in [0.3, 0.4) is 0 Å². The van der Waals surface area contributed by atoms with Crippen LogP contribution >= 0.6 is 22.9 Å². The molecule has 0 saturated carbocycles. The summed E-state index contributed by atoms with van der Waals surface area (Å²) >= 11 is 4.90. The van der Waals surface area contributed by atoms with Gasteiger partial charge in [0.1, 0.15) is 15.7 Å². The lowest BCUT2D eigenvalue weighted by Gasteiger charge is -1.87. The van der Waals surface area contributed by atoms with Gasteiger partial charge in [-0.05, 0) is 6.07 Å². The van der Waals surface area contributed by atoms with Crippen LogP contribution in [0.2, 0.25) is 5.15 Å². The van der Waals surface area contributed by atoms with Crippen LogP contribution in [-0.2, 0) is 11.1 Å². The van der Waals surface area contributed by atoms with Crippen molar-refractivity contribution in [3.63, 3.8) is 0 Å². The summed E-state index contributed by atoms with van der Waals surface area (Å²) in [5.74, 6) is 0. The molecule has 0 bridgehead atoms. The second-order valence-electron chi connectivity index (χ2n) is 2.19. The number of aromatic nitrogens is 2. The van der Waals surface area contributed by atoms with Crippen LogP contribution in [0.15, 0.2) is 16.6 Å². The maximum Gasteiger partial charge on any atom is 0.196 e. The van der Waals surface area contributed by atoms with E-state index in [-0.39, 0.29) is 0 Å². The molecule has 2 aromatic rings. The Morgan fingerprint density at radius 3 is 2.92 bits per heavy atom. The van der Waals surface area contributed by atoms with Crippen LogP contribution in [0.25, 0.3) is 10.2 Å². The second-order valence-corrected chi connectivity index (χ2v) is 4.80. The van der Waals surface area contributed by atoms with Gasteiger partial charge in [-0.3, -0.25) is 0 Å². The number of rotatable bonds is 1. The number of halogens is 1. The molecule has 0 fully saturated rings. The molecule has 0 aliphatic carbocycles. The Morgan fingerprint density at radius 1 is 1.54 bits per heavy atom. The van der Waals surface area contributed by atoms with Crippen molar-refractivity contribution in [3.05, 3.63) is 17.5 Å². The van der Waals surface area contributed by atoms with Gasteiger partial charge in [0.05, 0.1) is 10.2 Å². The first-order valence-corrected chi connectivity index (χ1v) is 5.49. The molecule has 2 aromatic heterocycles. The topological polar surface area (TPSA) is 63.1 Å². The van der Waals surface area contributed by atoms with Crippen molar-refractivity contribution in [1.29, 1.82) is 0 Å². The number of fused-ring (bicyclic) bond motifs is 1. The summed E-state index contributed by atoms with van der Waals surface area (Å²) in [6.45, 7) is 0. The third-order valence-corrected chi connectivity index (χ3v) is 3.88. The quantitative estimate of drug-likeness (QED) is 0.605. The van der Waals surface area contributed by atoms with E-state index in [1.165, 1.54) is 12.4 Å². The van der Waals surface area contributed by atoms with E-state index in [1.807, 2.05) is 0 Å². The minimum atomic E-state index is -1.98. The van der Waals surface area contributed by atoms with E-state index in [0.717, 1.165) is 11.3 Å². The van der Waals surface area contributed by atoms with E-state index in [4.69, 9.17) is 16.2 Å². The Hall–Kier alpha value is -0.560. The Labute approximate surface area is 84.9 Å². The Bertz CT molecular complexity index is 484. The maximum atomic E-state index is 10.7. The van der Waals surface area contributed by atoms with Gasteiger partial charge in [-0.25, -0.2) is 14.2 Å². The van der Waals surface area contributed by atoms with Crippen LogP contribution in [0.1, 0.15) is 0 Å². The standard InChI is InChI=1S/C6H3ClN2O2S2/c7-6-5-3(8-2-9-6)1-4(12-5)13(10)11/h1-2H,(H,10,11). The summed E-state index contributed by atoms with van der Waals surface area (Å²) in [4.78, 5) is 7.68. The Morgan fingerprint density at radius 2 is 2.31 bits per heavy atom. The van der Waals surface area contributed by atoms with Gasteiger partial charge in [0.2, 0.25) is 0 Å². The number of nitrogens with zero attached hydrogens (tertiary/aromatic N) is 2. The van der Waals surface area contributed by atoms with E-state index in [1.54, 1.807) is 0 Å². The lowest BCUT2D eigenvalue weighted by molar-refractivity contribution is 0.566. The highest BCUT2D eigenvalue weighted by molar-refractivity contribution is 7.82. The van der Waals surface area contributed by atoms with Gasteiger partial charge >= 0.3 is 0 Å². The highest BCUT2D eigenvalue weighted by Crippen LogP contribution is 2.29. The molecule has 1 N–H and O–H groups in total. The molecule has 7 heteroatoms. The van der Waals surface area contributed by atoms with E-state index in [0.29, 0.717) is 19.6 Å². The van der Waals surface area contributed by atoms with E-state index in [9.17, 15) is 4.21 Å². The van der Waals surface area contributed by atoms with Crippen molar-refractivity contribution in [3.8, 4) is 0 Å². The highest BCUT2D eigenvalue weighted by atomic mass is 35.5. The van der Waals surface area contributed by atoms with Crippen molar-refractivity contribution < 1.29 is 8.76 Å². The largest absolute Gasteiger partial charge is 0.302 e. The van der Waals surface area contributed by atoms with Gasteiger partial charge in [-0.15, -0.1) is 11.3 Å². The fraction of sp³-hybridized carbons (Fsp3) is 0. The third kappa shape index (κ3) is 1.58. The van der Waals surface area contributed by atoms with Crippen LogP contribution < -0.4 is 0 Å². The van der Waals surface area contributed by atoms with E-state index >= 15 is 0 Å². The first-order chi connectivity index (χ1) is 6.18. The van der Waals surface area contributed by atoms with Gasteiger partial charge in [-0.1, -0.05) is 11.6 Å². The van der Waals surface area contributed by atoms with Gasteiger partial charge in [0.25, 0.3) is 0 Å². The summed E-state index contributed by atoms with van der Waals surface area (Å²) in [6, 6.07) is 1.53. The van der Waals surface area contributed by atoms with Crippen LogP contribution in [-0.4, -0.2) is 18.7 Å². The fourth-order valence-electron chi connectivity index (χ4n) is 0.890. The summed E-state index contributed by atoms with van der Waals surface area (Å²) in [7, 11) is 0. The van der Waals surface area contributed by atoms with Gasteiger partial charge in [0, 0.05) is 0 Å². The number of thiophene rings is 1. The second kappa shape index (κ2) is 3.30.